The highest BCUT2D eigenvalue weighted by molar-refractivity contribution is 4.78. The molecule has 0 amide bonds. The topological polar surface area (TPSA) is 83.9 Å². The lowest BCUT2D eigenvalue weighted by atomic mass is 9.84. The third kappa shape index (κ3) is 22.3. The molecular formula is C32H66N2O6. The Balaban J connectivity index is 2.32. The van der Waals surface area contributed by atoms with E-state index in [-0.39, 0.29) is 18.6 Å². The number of β-amino-alcohol motifs (C(OH)–C–C–N with tert-alkyl or cyclic N) is 1. The Labute approximate surface area is 247 Å². The van der Waals surface area contributed by atoms with E-state index in [9.17, 15) is 10.2 Å². The number of hydrogen-bond acceptors (Lipinski definition) is 8. The zero-order valence-electron chi connectivity index (χ0n) is 26.4. The second-order valence-electron chi connectivity index (χ2n) is 11.9. The van der Waals surface area contributed by atoms with Gasteiger partial charge in [0.2, 0.25) is 0 Å². The summed E-state index contributed by atoms with van der Waals surface area (Å²) in [6, 6.07) is 0. The summed E-state index contributed by atoms with van der Waals surface area (Å²) in [5.74, 6) is 0. The number of rotatable bonds is 18. The van der Waals surface area contributed by atoms with Crippen molar-refractivity contribution in [2.45, 2.75) is 97.3 Å². The quantitative estimate of drug-likeness (QED) is 0.227. The Hall–Kier alpha value is -0.320. The average molecular weight is 575 g/mol. The van der Waals surface area contributed by atoms with Gasteiger partial charge in [-0.05, 0) is 6.42 Å². The number of aliphatic hydroxyl groups excluding tert-OH is 2. The molecule has 1 rings (SSSR count). The summed E-state index contributed by atoms with van der Waals surface area (Å²) in [6.07, 6.45) is 17.3. The highest BCUT2D eigenvalue weighted by Gasteiger charge is 2.26. The number of aliphatic hydroxyl groups is 2. The van der Waals surface area contributed by atoms with Crippen molar-refractivity contribution in [3.05, 3.63) is 0 Å². The van der Waals surface area contributed by atoms with Crippen molar-refractivity contribution in [2.75, 3.05) is 105 Å². The smallest absolute Gasteiger partial charge is 0.0701 e. The first-order valence-electron chi connectivity index (χ1n) is 16.6. The monoisotopic (exact) mass is 574 g/mol. The van der Waals surface area contributed by atoms with Crippen molar-refractivity contribution in [3.63, 3.8) is 0 Å². The van der Waals surface area contributed by atoms with Gasteiger partial charge >= 0.3 is 0 Å². The minimum Gasteiger partial charge on any atom is -0.396 e. The van der Waals surface area contributed by atoms with Gasteiger partial charge < -0.3 is 29.2 Å². The molecule has 8 nitrogen and oxygen atoms in total. The molecule has 40 heavy (non-hydrogen) atoms. The summed E-state index contributed by atoms with van der Waals surface area (Å²) >= 11 is 0. The molecule has 0 aromatic heterocycles. The fourth-order valence-electron chi connectivity index (χ4n) is 5.31. The molecule has 1 heterocycles. The van der Waals surface area contributed by atoms with Crippen molar-refractivity contribution < 1.29 is 29.2 Å². The van der Waals surface area contributed by atoms with E-state index in [2.05, 4.69) is 23.6 Å². The maximum Gasteiger partial charge on any atom is 0.0701 e. The molecule has 1 atom stereocenters. The molecule has 1 fully saturated rings. The van der Waals surface area contributed by atoms with Crippen LogP contribution in [0.5, 0.6) is 0 Å². The first-order chi connectivity index (χ1) is 19.6. The fourth-order valence-corrected chi connectivity index (χ4v) is 5.31. The van der Waals surface area contributed by atoms with Crippen LogP contribution in [0.4, 0.5) is 0 Å². The van der Waals surface area contributed by atoms with Crippen LogP contribution >= 0.6 is 0 Å². The maximum atomic E-state index is 10.3. The number of unbranched alkanes of at least 4 members (excludes halogenated alkanes) is 11. The zero-order chi connectivity index (χ0) is 29.0. The normalized spacial score (nSPS) is 20.1. The Morgan fingerprint density at radius 2 is 0.950 bits per heavy atom. The largest absolute Gasteiger partial charge is 0.396 e. The van der Waals surface area contributed by atoms with Crippen LogP contribution < -0.4 is 0 Å². The second kappa shape index (κ2) is 27.5. The van der Waals surface area contributed by atoms with Gasteiger partial charge in [-0.15, -0.1) is 0 Å². The van der Waals surface area contributed by atoms with E-state index in [1.54, 1.807) is 0 Å². The highest BCUT2D eigenvalue weighted by Crippen LogP contribution is 2.26. The summed E-state index contributed by atoms with van der Waals surface area (Å²) < 4.78 is 23.2. The van der Waals surface area contributed by atoms with E-state index >= 15 is 0 Å². The van der Waals surface area contributed by atoms with Crippen molar-refractivity contribution in [2.24, 2.45) is 5.41 Å². The molecule has 0 radical (unpaired) electrons. The fraction of sp³-hybridized carbons (Fsp3) is 1.00. The van der Waals surface area contributed by atoms with Gasteiger partial charge in [-0.2, -0.15) is 0 Å². The van der Waals surface area contributed by atoms with Gasteiger partial charge in [-0.25, -0.2) is 0 Å². The van der Waals surface area contributed by atoms with Crippen molar-refractivity contribution in [1.29, 1.82) is 0 Å². The molecule has 1 aliphatic rings. The second-order valence-corrected chi connectivity index (χ2v) is 11.9. The van der Waals surface area contributed by atoms with Crippen molar-refractivity contribution >= 4 is 0 Å². The minimum atomic E-state index is -0.109. The van der Waals surface area contributed by atoms with E-state index in [4.69, 9.17) is 18.9 Å². The van der Waals surface area contributed by atoms with Gasteiger partial charge in [0, 0.05) is 51.3 Å². The van der Waals surface area contributed by atoms with Gasteiger partial charge in [-0.3, -0.25) is 9.80 Å². The summed E-state index contributed by atoms with van der Waals surface area (Å²) in [6.45, 7) is 14.3. The van der Waals surface area contributed by atoms with Crippen LogP contribution in [0, 0.1) is 5.41 Å². The van der Waals surface area contributed by atoms with Crippen LogP contribution in [0.15, 0.2) is 0 Å². The van der Waals surface area contributed by atoms with Crippen molar-refractivity contribution in [3.8, 4) is 0 Å². The van der Waals surface area contributed by atoms with Crippen LogP contribution in [-0.4, -0.2) is 125 Å². The molecule has 1 aliphatic heterocycles. The molecule has 0 aliphatic carbocycles. The lowest BCUT2D eigenvalue weighted by molar-refractivity contribution is -0.00277. The minimum absolute atomic E-state index is 0.109. The van der Waals surface area contributed by atoms with Crippen LogP contribution in [0.3, 0.4) is 0 Å². The first-order valence-corrected chi connectivity index (χ1v) is 16.6. The van der Waals surface area contributed by atoms with Crippen LogP contribution in [0.2, 0.25) is 0 Å². The summed E-state index contributed by atoms with van der Waals surface area (Å²) in [5, 5.41) is 19.6. The maximum absolute atomic E-state index is 10.3. The van der Waals surface area contributed by atoms with E-state index in [1.165, 1.54) is 77.0 Å². The average Bonchev–Trinajstić information content (AvgIpc) is 2.95. The molecular weight excluding hydrogens is 508 g/mol. The van der Waals surface area contributed by atoms with Crippen LogP contribution in [0.25, 0.3) is 0 Å². The van der Waals surface area contributed by atoms with E-state index in [1.807, 2.05) is 0 Å². The SMILES string of the molecule is CCCCCCCCCCCCCCC(C)(CO)CN1CCOCCOCCN(CCO)CCOCCOCC1. The van der Waals surface area contributed by atoms with E-state index < -0.39 is 0 Å². The van der Waals surface area contributed by atoms with Gasteiger partial charge in [0.15, 0.2) is 0 Å². The van der Waals surface area contributed by atoms with E-state index in [0.29, 0.717) is 59.4 Å². The molecule has 8 heteroatoms. The third-order valence-corrected chi connectivity index (χ3v) is 7.99. The first kappa shape index (κ1) is 37.7. The number of hydrogen-bond donors (Lipinski definition) is 2. The lowest BCUT2D eigenvalue weighted by Gasteiger charge is -2.34. The summed E-state index contributed by atoms with van der Waals surface area (Å²) in [7, 11) is 0. The number of ether oxygens (including phenoxy) is 4. The molecule has 2 N–H and O–H groups in total. The summed E-state index contributed by atoms with van der Waals surface area (Å²) in [4.78, 5) is 4.53. The molecule has 0 aromatic carbocycles. The van der Waals surface area contributed by atoms with Gasteiger partial charge in [0.05, 0.1) is 59.5 Å². The molecule has 0 spiro atoms. The van der Waals surface area contributed by atoms with Gasteiger partial charge in [0.25, 0.3) is 0 Å². The van der Waals surface area contributed by atoms with Gasteiger partial charge in [-0.1, -0.05) is 90.9 Å². The molecule has 1 saturated heterocycles. The predicted octanol–water partition coefficient (Wildman–Crippen LogP) is 4.75. The van der Waals surface area contributed by atoms with E-state index in [0.717, 1.165) is 39.1 Å². The third-order valence-electron chi connectivity index (χ3n) is 7.99. The lowest BCUT2D eigenvalue weighted by Crippen LogP contribution is -2.41. The van der Waals surface area contributed by atoms with Crippen LogP contribution in [0.1, 0.15) is 97.3 Å². The number of nitrogens with zero attached hydrogens (tertiary/aromatic N) is 2. The summed E-state index contributed by atoms with van der Waals surface area (Å²) in [5.41, 5.74) is -0.109. The molecule has 240 valence electrons. The van der Waals surface area contributed by atoms with Crippen LogP contribution in [-0.2, 0) is 18.9 Å². The Morgan fingerprint density at radius 1 is 0.550 bits per heavy atom. The van der Waals surface area contributed by atoms with Gasteiger partial charge in [0.1, 0.15) is 0 Å². The Bertz CT molecular complexity index is 510. The zero-order valence-corrected chi connectivity index (χ0v) is 26.4. The highest BCUT2D eigenvalue weighted by atomic mass is 16.5. The molecule has 0 bridgehead atoms. The Morgan fingerprint density at radius 3 is 1.35 bits per heavy atom. The predicted molar refractivity (Wildman–Crippen MR) is 164 cm³/mol. The molecule has 0 saturated carbocycles. The standard InChI is InChI=1S/C32H66N2O6/c1-3-4-5-6-7-8-9-10-11-12-13-14-15-32(2,31-36)30-34-19-24-39-28-26-37-22-17-33(16-21-35)18-23-38-27-29-40-25-20-34/h35-36H,3-31H2,1-2H3. The molecule has 0 aromatic rings. The van der Waals surface area contributed by atoms with Crippen molar-refractivity contribution in [1.82, 2.24) is 9.80 Å². The Kier molecular flexibility index (Phi) is 25.9. The molecule has 1 unspecified atom stereocenters.